The van der Waals surface area contributed by atoms with Crippen LogP contribution in [0.15, 0.2) is 60.1 Å². The molecular formula is C21H29N7O. The van der Waals surface area contributed by atoms with Crippen molar-refractivity contribution in [3.8, 4) is 0 Å². The van der Waals surface area contributed by atoms with E-state index in [1.807, 2.05) is 55.4 Å². The minimum absolute atomic E-state index is 0.317. The first-order valence-corrected chi connectivity index (χ1v) is 9.75. The molecule has 0 aliphatic heterocycles. The third-order valence-electron chi connectivity index (χ3n) is 4.56. The van der Waals surface area contributed by atoms with Crippen molar-refractivity contribution >= 4 is 5.96 Å². The zero-order valence-electron chi connectivity index (χ0n) is 17.2. The molecule has 154 valence electrons. The SMILES string of the molecule is CCNC(=NCc1cnn(Cc2ccccc2)c1)NCC(C)(O)c1cnn(C)c1. The summed E-state index contributed by atoms with van der Waals surface area (Å²) in [7, 11) is 1.83. The average Bonchev–Trinajstić information content (AvgIpc) is 3.34. The lowest BCUT2D eigenvalue weighted by Gasteiger charge is -2.23. The summed E-state index contributed by atoms with van der Waals surface area (Å²) in [6.45, 7) is 6.05. The molecule has 1 atom stereocenters. The average molecular weight is 396 g/mol. The molecule has 0 amide bonds. The Kier molecular flexibility index (Phi) is 6.66. The topological polar surface area (TPSA) is 92.3 Å². The number of aromatic nitrogens is 4. The molecule has 2 heterocycles. The minimum Gasteiger partial charge on any atom is -0.383 e. The lowest BCUT2D eigenvalue weighted by molar-refractivity contribution is 0.0616. The lowest BCUT2D eigenvalue weighted by Crippen LogP contribution is -2.44. The van der Waals surface area contributed by atoms with Crippen LogP contribution in [0, 0.1) is 0 Å². The Morgan fingerprint density at radius 3 is 2.59 bits per heavy atom. The van der Waals surface area contributed by atoms with Crippen LogP contribution in [0.5, 0.6) is 0 Å². The summed E-state index contributed by atoms with van der Waals surface area (Å²) >= 11 is 0. The molecular weight excluding hydrogens is 366 g/mol. The molecule has 3 N–H and O–H groups in total. The molecule has 0 bridgehead atoms. The van der Waals surface area contributed by atoms with Gasteiger partial charge in [-0.05, 0) is 19.4 Å². The highest BCUT2D eigenvalue weighted by Gasteiger charge is 2.25. The van der Waals surface area contributed by atoms with Crippen molar-refractivity contribution in [2.75, 3.05) is 13.1 Å². The van der Waals surface area contributed by atoms with E-state index in [0.717, 1.165) is 24.2 Å². The number of aryl methyl sites for hydroxylation is 1. The number of nitrogens with one attached hydrogen (secondary N) is 2. The summed E-state index contributed by atoms with van der Waals surface area (Å²) in [6.07, 6.45) is 7.33. The maximum atomic E-state index is 10.7. The number of nitrogens with zero attached hydrogens (tertiary/aromatic N) is 5. The van der Waals surface area contributed by atoms with Gasteiger partial charge in [-0.2, -0.15) is 10.2 Å². The van der Waals surface area contributed by atoms with Crippen molar-refractivity contribution in [2.24, 2.45) is 12.0 Å². The van der Waals surface area contributed by atoms with Crippen molar-refractivity contribution < 1.29 is 5.11 Å². The van der Waals surface area contributed by atoms with Gasteiger partial charge in [0.05, 0.1) is 32.0 Å². The van der Waals surface area contributed by atoms with E-state index in [1.54, 1.807) is 17.8 Å². The molecule has 8 nitrogen and oxygen atoms in total. The number of aliphatic imine (C=N–C) groups is 1. The Balaban J connectivity index is 1.59. The maximum Gasteiger partial charge on any atom is 0.191 e. The van der Waals surface area contributed by atoms with Gasteiger partial charge in [-0.1, -0.05) is 30.3 Å². The molecule has 0 radical (unpaired) electrons. The summed E-state index contributed by atoms with van der Waals surface area (Å²) in [5, 5.41) is 25.7. The predicted molar refractivity (Wildman–Crippen MR) is 113 cm³/mol. The minimum atomic E-state index is -1.05. The predicted octanol–water partition coefficient (Wildman–Crippen LogP) is 1.63. The van der Waals surface area contributed by atoms with Gasteiger partial charge in [-0.15, -0.1) is 0 Å². The highest BCUT2D eigenvalue weighted by molar-refractivity contribution is 5.79. The zero-order chi connectivity index (χ0) is 20.7. The zero-order valence-corrected chi connectivity index (χ0v) is 17.2. The first-order chi connectivity index (χ1) is 14.0. The second-order valence-electron chi connectivity index (χ2n) is 7.26. The summed E-state index contributed by atoms with van der Waals surface area (Å²) < 4.78 is 3.59. The monoisotopic (exact) mass is 395 g/mol. The van der Waals surface area contributed by atoms with E-state index < -0.39 is 5.60 Å². The molecule has 0 saturated heterocycles. The number of aliphatic hydroxyl groups is 1. The van der Waals surface area contributed by atoms with E-state index in [0.29, 0.717) is 19.0 Å². The first-order valence-electron chi connectivity index (χ1n) is 9.75. The number of hydrogen-bond donors (Lipinski definition) is 3. The smallest absolute Gasteiger partial charge is 0.191 e. The van der Waals surface area contributed by atoms with E-state index in [9.17, 15) is 5.11 Å². The van der Waals surface area contributed by atoms with Gasteiger partial charge in [0.15, 0.2) is 5.96 Å². The largest absolute Gasteiger partial charge is 0.383 e. The summed E-state index contributed by atoms with van der Waals surface area (Å²) in [4.78, 5) is 4.62. The second kappa shape index (κ2) is 9.38. The molecule has 1 unspecified atom stereocenters. The lowest BCUT2D eigenvalue weighted by atomic mass is 10.00. The van der Waals surface area contributed by atoms with Crippen LogP contribution >= 0.6 is 0 Å². The van der Waals surface area contributed by atoms with Crippen molar-refractivity contribution in [1.29, 1.82) is 0 Å². The maximum absolute atomic E-state index is 10.7. The molecule has 3 rings (SSSR count). The van der Waals surface area contributed by atoms with Crippen molar-refractivity contribution in [3.63, 3.8) is 0 Å². The number of benzene rings is 1. The Bertz CT molecular complexity index is 927. The molecule has 8 heteroatoms. The Morgan fingerprint density at radius 1 is 1.10 bits per heavy atom. The van der Waals surface area contributed by atoms with Crippen molar-refractivity contribution in [3.05, 3.63) is 71.8 Å². The van der Waals surface area contributed by atoms with Crippen LogP contribution in [0.3, 0.4) is 0 Å². The fraction of sp³-hybridized carbons (Fsp3) is 0.381. The van der Waals surface area contributed by atoms with Gasteiger partial charge < -0.3 is 15.7 Å². The molecule has 2 aromatic heterocycles. The third kappa shape index (κ3) is 5.92. The van der Waals surface area contributed by atoms with Gasteiger partial charge in [0.25, 0.3) is 0 Å². The molecule has 0 fully saturated rings. The molecule has 0 spiro atoms. The normalized spacial score (nSPS) is 13.9. The van der Waals surface area contributed by atoms with Crippen LogP contribution in [0.2, 0.25) is 0 Å². The van der Waals surface area contributed by atoms with Gasteiger partial charge in [0.2, 0.25) is 0 Å². The Labute approximate surface area is 171 Å². The van der Waals surface area contributed by atoms with E-state index >= 15 is 0 Å². The molecule has 29 heavy (non-hydrogen) atoms. The molecule has 0 aliphatic carbocycles. The Hall–Kier alpha value is -3.13. The summed E-state index contributed by atoms with van der Waals surface area (Å²) in [5.41, 5.74) is 1.94. The van der Waals surface area contributed by atoms with Gasteiger partial charge in [-0.3, -0.25) is 9.36 Å². The quantitative estimate of drug-likeness (QED) is 0.398. The van der Waals surface area contributed by atoms with Crippen LogP contribution in [0.1, 0.15) is 30.5 Å². The van der Waals surface area contributed by atoms with Crippen molar-refractivity contribution in [2.45, 2.75) is 32.5 Å². The fourth-order valence-corrected chi connectivity index (χ4v) is 2.91. The molecule has 3 aromatic rings. The molecule has 0 aliphatic rings. The van der Waals surface area contributed by atoms with Gasteiger partial charge in [-0.25, -0.2) is 4.99 Å². The van der Waals surface area contributed by atoms with E-state index in [1.165, 1.54) is 5.56 Å². The van der Waals surface area contributed by atoms with Crippen LogP contribution in [0.25, 0.3) is 0 Å². The third-order valence-corrected chi connectivity index (χ3v) is 4.56. The second-order valence-corrected chi connectivity index (χ2v) is 7.26. The van der Waals surface area contributed by atoms with Crippen molar-refractivity contribution in [1.82, 2.24) is 30.2 Å². The van der Waals surface area contributed by atoms with Crippen LogP contribution in [-0.2, 0) is 25.7 Å². The van der Waals surface area contributed by atoms with E-state index in [-0.39, 0.29) is 0 Å². The summed E-state index contributed by atoms with van der Waals surface area (Å²) in [5.74, 6) is 0.646. The van der Waals surface area contributed by atoms with Gasteiger partial charge in [0, 0.05) is 37.1 Å². The van der Waals surface area contributed by atoms with Crippen LogP contribution in [0.4, 0.5) is 0 Å². The first kappa shape index (κ1) is 20.6. The molecule has 0 saturated carbocycles. The van der Waals surface area contributed by atoms with Gasteiger partial charge >= 0.3 is 0 Å². The molecule has 1 aromatic carbocycles. The number of hydrogen-bond acceptors (Lipinski definition) is 4. The number of rotatable bonds is 8. The highest BCUT2D eigenvalue weighted by atomic mass is 16.3. The highest BCUT2D eigenvalue weighted by Crippen LogP contribution is 2.18. The fourth-order valence-electron chi connectivity index (χ4n) is 2.91. The van der Waals surface area contributed by atoms with E-state index in [4.69, 9.17) is 0 Å². The van der Waals surface area contributed by atoms with Crippen LogP contribution in [-0.4, -0.2) is 43.7 Å². The van der Waals surface area contributed by atoms with E-state index in [2.05, 4.69) is 38.0 Å². The Morgan fingerprint density at radius 2 is 1.90 bits per heavy atom. The van der Waals surface area contributed by atoms with Gasteiger partial charge in [0.1, 0.15) is 5.60 Å². The number of guanidine groups is 1. The van der Waals surface area contributed by atoms with Crippen LogP contribution < -0.4 is 10.6 Å². The standard InChI is InChI=1S/C21H29N7O/c1-4-22-20(24-16-21(2,29)19-12-25-27(3)15-19)23-10-18-11-26-28(14-18)13-17-8-6-5-7-9-17/h5-9,11-12,14-15,29H,4,10,13,16H2,1-3H3,(H2,22,23,24). The summed E-state index contributed by atoms with van der Waals surface area (Å²) in [6, 6.07) is 10.2.